The number of rotatable bonds is 25. The highest BCUT2D eigenvalue weighted by atomic mass is 32.3. The molecule has 0 aromatic rings. The van der Waals surface area contributed by atoms with Gasteiger partial charge in [-0.1, -0.05) is 123 Å². The lowest BCUT2D eigenvalue weighted by molar-refractivity contribution is 0.180. The summed E-state index contributed by atoms with van der Waals surface area (Å²) in [5.41, 5.74) is -1.81. The Hall–Kier alpha value is -0.220. The van der Waals surface area contributed by atoms with Crippen molar-refractivity contribution in [1.82, 2.24) is 0 Å². The average Bonchev–Trinajstić information content (AvgIpc) is 2.74. The van der Waals surface area contributed by atoms with Crippen molar-refractivity contribution < 1.29 is 29.8 Å². The third-order valence-electron chi connectivity index (χ3n) is 5.83. The van der Waals surface area contributed by atoms with Crippen LogP contribution >= 0.6 is 0 Å². The first kappa shape index (κ1) is 32.8. The molecule has 1 unspecified atom stereocenters. The SMILES string of the molecule is CCCCCCCCCCCCOS(=O)(=O)OC(CCCCCCCCCCC)S(=O)(=O)O. The third-order valence-corrected chi connectivity index (χ3v) is 7.87. The average molecular weight is 515 g/mol. The molecule has 0 fully saturated rings. The topological polar surface area (TPSA) is 107 Å². The van der Waals surface area contributed by atoms with Gasteiger partial charge in [0.25, 0.3) is 10.1 Å². The van der Waals surface area contributed by atoms with E-state index in [4.69, 9.17) is 4.18 Å². The first-order chi connectivity index (χ1) is 15.7. The van der Waals surface area contributed by atoms with E-state index in [2.05, 4.69) is 18.0 Å². The van der Waals surface area contributed by atoms with Crippen LogP contribution in [0.2, 0.25) is 0 Å². The minimum atomic E-state index is -4.64. The van der Waals surface area contributed by atoms with Crippen molar-refractivity contribution >= 4 is 20.5 Å². The molecular weight excluding hydrogens is 464 g/mol. The van der Waals surface area contributed by atoms with Gasteiger partial charge in [-0.25, -0.2) is 8.37 Å². The minimum absolute atomic E-state index is 0.0466. The highest BCUT2D eigenvalue weighted by Crippen LogP contribution is 2.18. The number of hydrogen-bond donors (Lipinski definition) is 1. The molecule has 9 heteroatoms. The molecular formula is C24H50O7S2. The Bertz CT molecular complexity index is 633. The molecule has 0 aliphatic rings. The Morgan fingerprint density at radius 1 is 0.576 bits per heavy atom. The van der Waals surface area contributed by atoms with E-state index in [9.17, 15) is 21.4 Å². The molecule has 0 heterocycles. The van der Waals surface area contributed by atoms with Gasteiger partial charge in [0.05, 0.1) is 6.61 Å². The molecule has 0 spiro atoms. The van der Waals surface area contributed by atoms with Crippen LogP contribution in [0.3, 0.4) is 0 Å². The van der Waals surface area contributed by atoms with Crippen molar-refractivity contribution in [1.29, 1.82) is 0 Å². The van der Waals surface area contributed by atoms with E-state index >= 15 is 0 Å². The van der Waals surface area contributed by atoms with Crippen molar-refractivity contribution in [3.05, 3.63) is 0 Å². The molecule has 1 N–H and O–H groups in total. The smallest absolute Gasteiger partial charge is 0.284 e. The molecule has 1 atom stereocenters. The normalized spacial score (nSPS) is 13.4. The zero-order valence-electron chi connectivity index (χ0n) is 21.1. The van der Waals surface area contributed by atoms with Gasteiger partial charge in [-0.05, 0) is 19.3 Å². The van der Waals surface area contributed by atoms with E-state index in [1.54, 1.807) is 0 Å². The molecule has 0 rings (SSSR count). The Morgan fingerprint density at radius 2 is 0.939 bits per heavy atom. The van der Waals surface area contributed by atoms with Crippen LogP contribution in [-0.4, -0.2) is 33.4 Å². The van der Waals surface area contributed by atoms with E-state index in [0.717, 1.165) is 44.9 Å². The summed E-state index contributed by atoms with van der Waals surface area (Å²) in [6, 6.07) is 0. The third kappa shape index (κ3) is 22.0. The van der Waals surface area contributed by atoms with Gasteiger partial charge in [-0.15, -0.1) is 0 Å². The lowest BCUT2D eigenvalue weighted by Crippen LogP contribution is -2.28. The van der Waals surface area contributed by atoms with Gasteiger partial charge < -0.3 is 0 Å². The highest BCUT2D eigenvalue weighted by molar-refractivity contribution is 7.87. The first-order valence-electron chi connectivity index (χ1n) is 13.3. The van der Waals surface area contributed by atoms with Gasteiger partial charge in [0.1, 0.15) is 0 Å². The maximum absolute atomic E-state index is 12.0. The van der Waals surface area contributed by atoms with E-state index in [1.165, 1.54) is 64.2 Å². The second-order valence-corrected chi connectivity index (χ2v) is 11.9. The summed E-state index contributed by atoms with van der Waals surface area (Å²) in [5, 5.41) is 0. The summed E-state index contributed by atoms with van der Waals surface area (Å²) < 4.78 is 65.9. The molecule has 0 aromatic carbocycles. The number of hydrogen-bond acceptors (Lipinski definition) is 6. The van der Waals surface area contributed by atoms with Gasteiger partial charge >= 0.3 is 10.4 Å². The lowest BCUT2D eigenvalue weighted by Gasteiger charge is -2.14. The Labute approximate surface area is 204 Å². The minimum Gasteiger partial charge on any atom is -0.284 e. The van der Waals surface area contributed by atoms with Crippen molar-refractivity contribution in [3.8, 4) is 0 Å². The first-order valence-corrected chi connectivity index (χ1v) is 16.1. The van der Waals surface area contributed by atoms with Crippen LogP contribution in [-0.2, 0) is 28.9 Å². The molecule has 0 aromatic heterocycles. The molecule has 0 saturated carbocycles. The standard InChI is InChI=1S/C24H50O7S2/c1-3-5-7-9-11-13-15-17-19-21-23-30-33(28,29)31-24(32(25,26)27)22-20-18-16-14-12-10-8-6-4-2/h24H,3-23H2,1-2H3,(H,25,26,27). The molecule has 0 aliphatic heterocycles. The van der Waals surface area contributed by atoms with Crippen LogP contribution in [0.25, 0.3) is 0 Å². The second-order valence-electron chi connectivity index (χ2n) is 9.07. The summed E-state index contributed by atoms with van der Waals surface area (Å²) in [7, 11) is -9.11. The van der Waals surface area contributed by atoms with Crippen molar-refractivity contribution in [3.63, 3.8) is 0 Å². The summed E-state index contributed by atoms with van der Waals surface area (Å²) >= 11 is 0. The summed E-state index contributed by atoms with van der Waals surface area (Å²) in [6.07, 6.45) is 20.4. The maximum atomic E-state index is 12.0. The molecule has 0 radical (unpaired) electrons. The van der Waals surface area contributed by atoms with Crippen LogP contribution in [0.4, 0.5) is 0 Å². The summed E-state index contributed by atoms with van der Waals surface area (Å²) in [5.74, 6) is 0. The van der Waals surface area contributed by atoms with Crippen LogP contribution in [0.5, 0.6) is 0 Å². The predicted octanol–water partition coefficient (Wildman–Crippen LogP) is 7.32. The fourth-order valence-corrected chi connectivity index (χ4v) is 5.67. The zero-order chi connectivity index (χ0) is 24.8. The van der Waals surface area contributed by atoms with Crippen molar-refractivity contribution in [2.45, 2.75) is 148 Å². The van der Waals surface area contributed by atoms with Crippen LogP contribution in [0.15, 0.2) is 0 Å². The molecule has 7 nitrogen and oxygen atoms in total. The fourth-order valence-electron chi connectivity index (χ4n) is 3.78. The Balaban J connectivity index is 3.98. The second kappa shape index (κ2) is 21.1. The molecule has 0 bridgehead atoms. The van der Waals surface area contributed by atoms with Gasteiger partial charge in [0.2, 0.25) is 5.44 Å². The largest absolute Gasteiger partial charge is 0.401 e. The molecule has 0 saturated heterocycles. The van der Waals surface area contributed by atoms with Crippen LogP contribution in [0, 0.1) is 0 Å². The highest BCUT2D eigenvalue weighted by Gasteiger charge is 2.30. The quantitative estimate of drug-likeness (QED) is 0.100. The zero-order valence-corrected chi connectivity index (χ0v) is 22.8. The van der Waals surface area contributed by atoms with E-state index in [1.807, 2.05) is 0 Å². The van der Waals surface area contributed by atoms with Crippen molar-refractivity contribution in [2.24, 2.45) is 0 Å². The summed E-state index contributed by atoms with van der Waals surface area (Å²) in [6.45, 7) is 4.33. The van der Waals surface area contributed by atoms with Gasteiger partial charge in [0, 0.05) is 0 Å². The predicted molar refractivity (Wildman–Crippen MR) is 135 cm³/mol. The van der Waals surface area contributed by atoms with E-state index < -0.39 is 26.0 Å². The van der Waals surface area contributed by atoms with Crippen LogP contribution < -0.4 is 0 Å². The van der Waals surface area contributed by atoms with E-state index in [-0.39, 0.29) is 13.0 Å². The fraction of sp³-hybridized carbons (Fsp3) is 1.00. The molecule has 0 aliphatic carbocycles. The van der Waals surface area contributed by atoms with Gasteiger partial charge in [0.15, 0.2) is 0 Å². The molecule has 33 heavy (non-hydrogen) atoms. The molecule has 200 valence electrons. The summed E-state index contributed by atoms with van der Waals surface area (Å²) in [4.78, 5) is 0. The Kier molecular flexibility index (Phi) is 21.0. The number of unbranched alkanes of at least 4 members (excludes halogenated alkanes) is 17. The van der Waals surface area contributed by atoms with Crippen LogP contribution in [0.1, 0.15) is 142 Å². The monoisotopic (exact) mass is 514 g/mol. The van der Waals surface area contributed by atoms with E-state index in [0.29, 0.717) is 12.8 Å². The molecule has 0 amide bonds. The maximum Gasteiger partial charge on any atom is 0.401 e. The van der Waals surface area contributed by atoms with Gasteiger partial charge in [-0.2, -0.15) is 16.8 Å². The van der Waals surface area contributed by atoms with Gasteiger partial charge in [-0.3, -0.25) is 4.55 Å². The lowest BCUT2D eigenvalue weighted by atomic mass is 10.1. The Morgan fingerprint density at radius 3 is 1.33 bits per heavy atom. The van der Waals surface area contributed by atoms with Crippen molar-refractivity contribution in [2.75, 3.05) is 6.61 Å².